The number of benzene rings is 2. The van der Waals surface area contributed by atoms with Crippen molar-refractivity contribution in [1.29, 1.82) is 0 Å². The second-order valence-electron chi connectivity index (χ2n) is 8.10. The van der Waals surface area contributed by atoms with Crippen molar-refractivity contribution in [3.8, 4) is 5.75 Å². The van der Waals surface area contributed by atoms with Crippen molar-refractivity contribution >= 4 is 29.7 Å². The Morgan fingerprint density at radius 1 is 1.19 bits per heavy atom. The van der Waals surface area contributed by atoms with Crippen LogP contribution in [0.25, 0.3) is 6.08 Å². The van der Waals surface area contributed by atoms with E-state index in [1.807, 2.05) is 24.3 Å². The lowest BCUT2D eigenvalue weighted by molar-refractivity contribution is -0.135. The van der Waals surface area contributed by atoms with Crippen LogP contribution in [0.2, 0.25) is 0 Å². The Labute approximate surface area is 192 Å². The van der Waals surface area contributed by atoms with Gasteiger partial charge in [0.2, 0.25) is 5.91 Å². The highest BCUT2D eigenvalue weighted by molar-refractivity contribution is 8.04. The van der Waals surface area contributed by atoms with Crippen molar-refractivity contribution in [3.05, 3.63) is 70.4 Å². The van der Waals surface area contributed by atoms with Crippen molar-refractivity contribution in [2.24, 2.45) is 0 Å². The fraction of sp³-hybridized carbons (Fsp3) is 0.360. The lowest BCUT2D eigenvalue weighted by Gasteiger charge is -2.43. The van der Waals surface area contributed by atoms with E-state index in [0.29, 0.717) is 17.0 Å². The number of fused-ring (bicyclic) bond motifs is 1. The van der Waals surface area contributed by atoms with Crippen molar-refractivity contribution < 1.29 is 18.7 Å². The van der Waals surface area contributed by atoms with Crippen molar-refractivity contribution in [2.45, 2.75) is 43.5 Å². The SMILES string of the molecule is COc1ccc(CNC(=O)CN2C(=O)/C(=C/c3ccccc3F)SC3CCCCC32)cc1. The van der Waals surface area contributed by atoms with Gasteiger partial charge in [-0.25, -0.2) is 4.39 Å². The molecule has 0 aromatic heterocycles. The van der Waals surface area contributed by atoms with E-state index in [-0.39, 0.29) is 35.5 Å². The van der Waals surface area contributed by atoms with Crippen LogP contribution < -0.4 is 10.1 Å². The molecule has 2 atom stereocenters. The molecule has 7 heteroatoms. The zero-order valence-electron chi connectivity index (χ0n) is 18.1. The second-order valence-corrected chi connectivity index (χ2v) is 9.38. The van der Waals surface area contributed by atoms with Crippen molar-refractivity contribution in [2.75, 3.05) is 13.7 Å². The van der Waals surface area contributed by atoms with Crippen LogP contribution in [0, 0.1) is 5.82 Å². The number of hydrogen-bond acceptors (Lipinski definition) is 4. The first-order valence-corrected chi connectivity index (χ1v) is 11.8. The van der Waals surface area contributed by atoms with Gasteiger partial charge in [0.15, 0.2) is 0 Å². The summed E-state index contributed by atoms with van der Waals surface area (Å²) in [5.74, 6) is 0.00795. The number of carbonyl (C=O) groups is 2. The minimum atomic E-state index is -0.358. The highest BCUT2D eigenvalue weighted by Crippen LogP contribution is 2.42. The normalized spacial score (nSPS) is 21.9. The summed E-state index contributed by atoms with van der Waals surface area (Å²) in [6, 6.07) is 13.9. The first-order valence-electron chi connectivity index (χ1n) is 10.9. The summed E-state index contributed by atoms with van der Waals surface area (Å²) in [6.45, 7) is 0.386. The highest BCUT2D eigenvalue weighted by Gasteiger charge is 2.41. The van der Waals surface area contributed by atoms with Crippen LogP contribution in [0.1, 0.15) is 36.8 Å². The van der Waals surface area contributed by atoms with E-state index in [1.165, 1.54) is 17.8 Å². The zero-order chi connectivity index (χ0) is 22.5. The lowest BCUT2D eigenvalue weighted by atomic mass is 9.93. The predicted octanol–water partition coefficient (Wildman–Crippen LogP) is 4.38. The molecular formula is C25H27FN2O3S. The summed E-state index contributed by atoms with van der Waals surface area (Å²) in [7, 11) is 1.61. The molecule has 1 aliphatic heterocycles. The largest absolute Gasteiger partial charge is 0.497 e. The summed E-state index contributed by atoms with van der Waals surface area (Å²) < 4.78 is 19.3. The number of methoxy groups -OCH3 is 1. The molecule has 2 amide bonds. The van der Waals surface area contributed by atoms with Crippen LogP contribution in [0.4, 0.5) is 4.39 Å². The molecule has 0 spiro atoms. The minimum Gasteiger partial charge on any atom is -0.497 e. The molecular weight excluding hydrogens is 427 g/mol. The van der Waals surface area contributed by atoms with E-state index in [0.717, 1.165) is 37.0 Å². The van der Waals surface area contributed by atoms with E-state index >= 15 is 0 Å². The number of hydrogen-bond donors (Lipinski definition) is 1. The molecule has 1 aliphatic carbocycles. The molecule has 1 saturated heterocycles. The standard InChI is InChI=1S/C25H27FN2O3S/c1-31-19-12-10-17(11-13-19)15-27-24(29)16-28-21-8-4-5-9-22(21)32-23(25(28)30)14-18-6-2-3-7-20(18)26/h2-3,6-7,10-14,21-22H,4-5,8-9,15-16H2,1H3,(H,27,29)/b23-14-. The van der Waals surface area contributed by atoms with Gasteiger partial charge in [-0.15, -0.1) is 11.8 Å². The Morgan fingerprint density at radius 3 is 2.69 bits per heavy atom. The van der Waals surface area contributed by atoms with Crippen molar-refractivity contribution in [3.63, 3.8) is 0 Å². The van der Waals surface area contributed by atoms with Gasteiger partial charge in [-0.05, 0) is 42.7 Å². The third-order valence-corrected chi connectivity index (χ3v) is 7.37. The molecule has 1 N–H and O–H groups in total. The first kappa shape index (κ1) is 22.4. The Bertz CT molecular complexity index is 1010. The molecule has 168 valence electrons. The van der Waals surface area contributed by atoms with Crippen LogP contribution in [0.15, 0.2) is 53.4 Å². The number of rotatable bonds is 6. The second kappa shape index (κ2) is 10.2. The molecule has 0 radical (unpaired) electrons. The number of nitrogens with one attached hydrogen (secondary N) is 1. The number of amides is 2. The van der Waals surface area contributed by atoms with Gasteiger partial charge in [0.05, 0.1) is 12.0 Å². The average Bonchev–Trinajstić information content (AvgIpc) is 2.82. The van der Waals surface area contributed by atoms with Gasteiger partial charge < -0.3 is 15.0 Å². The number of halogens is 1. The molecule has 0 bridgehead atoms. The number of thioether (sulfide) groups is 1. The lowest BCUT2D eigenvalue weighted by Crippen LogP contribution is -2.54. The smallest absolute Gasteiger partial charge is 0.261 e. The topological polar surface area (TPSA) is 58.6 Å². The zero-order valence-corrected chi connectivity index (χ0v) is 18.9. The number of ether oxygens (including phenoxy) is 1. The van der Waals surface area contributed by atoms with E-state index < -0.39 is 0 Å². The average molecular weight is 455 g/mol. The quantitative estimate of drug-likeness (QED) is 0.659. The monoisotopic (exact) mass is 454 g/mol. The van der Waals surface area contributed by atoms with Gasteiger partial charge >= 0.3 is 0 Å². The molecule has 1 saturated carbocycles. The number of carbonyl (C=O) groups excluding carboxylic acids is 2. The van der Waals surface area contributed by atoms with Gasteiger partial charge in [0.25, 0.3) is 5.91 Å². The van der Waals surface area contributed by atoms with Gasteiger partial charge in [0, 0.05) is 23.4 Å². The fourth-order valence-corrected chi connectivity index (χ4v) is 5.71. The van der Waals surface area contributed by atoms with E-state index in [9.17, 15) is 14.0 Å². The highest BCUT2D eigenvalue weighted by atomic mass is 32.2. The number of nitrogens with zero attached hydrogens (tertiary/aromatic N) is 1. The van der Waals surface area contributed by atoms with Crippen LogP contribution in [0.3, 0.4) is 0 Å². The maximum atomic E-state index is 14.2. The molecule has 1 heterocycles. The van der Waals surface area contributed by atoms with E-state index in [2.05, 4.69) is 5.32 Å². The molecule has 2 aromatic carbocycles. The summed E-state index contributed by atoms with van der Waals surface area (Å²) in [6.07, 6.45) is 5.65. The van der Waals surface area contributed by atoms with Gasteiger partial charge in [-0.2, -0.15) is 0 Å². The molecule has 32 heavy (non-hydrogen) atoms. The third kappa shape index (κ3) is 5.15. The Hall–Kier alpha value is -2.80. The van der Waals surface area contributed by atoms with E-state index in [1.54, 1.807) is 36.3 Å². The molecule has 2 aromatic rings. The molecule has 2 fully saturated rings. The third-order valence-electron chi connectivity index (χ3n) is 5.97. The maximum absolute atomic E-state index is 14.2. The summed E-state index contributed by atoms with van der Waals surface area (Å²) in [5, 5.41) is 3.14. The Kier molecular flexibility index (Phi) is 7.15. The molecule has 2 aliphatic rings. The van der Waals surface area contributed by atoms with Gasteiger partial charge in [-0.1, -0.05) is 43.2 Å². The van der Waals surface area contributed by atoms with Crippen molar-refractivity contribution in [1.82, 2.24) is 10.2 Å². The molecule has 4 rings (SSSR count). The van der Waals surface area contributed by atoms with Gasteiger partial charge in [0.1, 0.15) is 18.1 Å². The summed E-state index contributed by atoms with van der Waals surface area (Å²) >= 11 is 1.53. The molecule has 2 unspecified atom stereocenters. The predicted molar refractivity (Wildman–Crippen MR) is 125 cm³/mol. The summed E-state index contributed by atoms with van der Waals surface area (Å²) in [5.41, 5.74) is 1.34. The summed E-state index contributed by atoms with van der Waals surface area (Å²) in [4.78, 5) is 28.2. The van der Waals surface area contributed by atoms with Crippen LogP contribution in [0.5, 0.6) is 5.75 Å². The molecule has 5 nitrogen and oxygen atoms in total. The van der Waals surface area contributed by atoms with Crippen LogP contribution in [-0.4, -0.2) is 41.7 Å². The van der Waals surface area contributed by atoms with E-state index in [4.69, 9.17) is 4.74 Å². The maximum Gasteiger partial charge on any atom is 0.261 e. The fourth-order valence-electron chi connectivity index (χ4n) is 4.25. The Balaban J connectivity index is 1.47. The van der Waals surface area contributed by atoms with Crippen LogP contribution >= 0.6 is 11.8 Å². The van der Waals surface area contributed by atoms with Crippen LogP contribution in [-0.2, 0) is 16.1 Å². The Morgan fingerprint density at radius 2 is 1.94 bits per heavy atom. The first-order chi connectivity index (χ1) is 15.5. The van der Waals surface area contributed by atoms with Gasteiger partial charge in [-0.3, -0.25) is 9.59 Å². The minimum absolute atomic E-state index is 0.00528.